The molecule has 13 heavy (non-hydrogen) atoms. The van der Waals surface area contributed by atoms with Crippen LogP contribution in [0.15, 0.2) is 23.4 Å². The van der Waals surface area contributed by atoms with Crippen LogP contribution in [-0.4, -0.2) is 12.7 Å². The fourth-order valence-electron chi connectivity index (χ4n) is 0.989. The first-order valence-electron chi connectivity index (χ1n) is 3.56. The van der Waals surface area contributed by atoms with Gasteiger partial charge in [-0.1, -0.05) is 6.07 Å². The first kappa shape index (κ1) is 7.97. The molecule has 0 amide bonds. The van der Waals surface area contributed by atoms with E-state index in [9.17, 15) is 8.78 Å². The average molecular weight is 185 g/mol. The molecule has 0 radical (unpaired) electrons. The van der Waals surface area contributed by atoms with E-state index in [1.165, 1.54) is 12.1 Å². The minimum atomic E-state index is -0.980. The molecule has 0 aromatic heterocycles. The van der Waals surface area contributed by atoms with Crippen molar-refractivity contribution in [2.45, 2.75) is 0 Å². The molecule has 1 heterocycles. The second-order valence-corrected chi connectivity index (χ2v) is 2.39. The quantitative estimate of drug-likeness (QED) is 0.665. The third kappa shape index (κ3) is 1.32. The van der Waals surface area contributed by atoms with Gasteiger partial charge in [-0.3, -0.25) is 0 Å². The Morgan fingerprint density at radius 1 is 1.31 bits per heavy atom. The molecule has 68 valence electrons. The molecule has 0 saturated heterocycles. The Labute approximate surface area is 72.6 Å². The van der Waals surface area contributed by atoms with Gasteiger partial charge >= 0.3 is 0 Å². The van der Waals surface area contributed by atoms with Crippen LogP contribution in [0.5, 0.6) is 0 Å². The zero-order valence-electron chi connectivity index (χ0n) is 6.46. The van der Waals surface area contributed by atoms with Gasteiger partial charge in [0.1, 0.15) is 0 Å². The van der Waals surface area contributed by atoms with Crippen LogP contribution < -0.4 is 0 Å². The van der Waals surface area contributed by atoms with Gasteiger partial charge in [0, 0.05) is 0 Å². The number of oxime groups is 1. The monoisotopic (exact) mass is 185 g/mol. The number of hydrogen-bond donors (Lipinski definition) is 0. The number of ether oxygens (including phenoxy) is 1. The normalized spacial score (nSPS) is 14.8. The molecule has 1 aliphatic rings. The van der Waals surface area contributed by atoms with Crippen molar-refractivity contribution in [3.8, 4) is 0 Å². The van der Waals surface area contributed by atoms with Crippen LogP contribution in [-0.2, 0) is 9.57 Å². The highest BCUT2D eigenvalue weighted by atomic mass is 19.2. The highest BCUT2D eigenvalue weighted by molar-refractivity contribution is 5.94. The number of halogens is 2. The minimum absolute atomic E-state index is 0.0301. The maximum Gasteiger partial charge on any atom is 0.263 e. The molecule has 0 atom stereocenters. The van der Waals surface area contributed by atoms with Crippen LogP contribution in [0, 0.1) is 11.6 Å². The lowest BCUT2D eigenvalue weighted by Crippen LogP contribution is -2.05. The van der Waals surface area contributed by atoms with Gasteiger partial charge in [-0.2, -0.15) is 0 Å². The Morgan fingerprint density at radius 2 is 2.15 bits per heavy atom. The van der Waals surface area contributed by atoms with E-state index in [2.05, 4.69) is 9.99 Å². The van der Waals surface area contributed by atoms with Crippen LogP contribution in [0.3, 0.4) is 0 Å². The van der Waals surface area contributed by atoms with Crippen molar-refractivity contribution in [3.63, 3.8) is 0 Å². The Morgan fingerprint density at radius 3 is 2.85 bits per heavy atom. The third-order valence-corrected chi connectivity index (χ3v) is 1.58. The van der Waals surface area contributed by atoms with Crippen LogP contribution in [0.2, 0.25) is 0 Å². The lowest BCUT2D eigenvalue weighted by molar-refractivity contribution is 0.0582. The first-order chi connectivity index (χ1) is 6.29. The molecular formula is C8H5F2NO2. The molecule has 0 spiro atoms. The zero-order valence-corrected chi connectivity index (χ0v) is 6.46. The van der Waals surface area contributed by atoms with Gasteiger partial charge in [0.2, 0.25) is 0 Å². The Hall–Kier alpha value is -1.65. The van der Waals surface area contributed by atoms with Gasteiger partial charge in [0.15, 0.2) is 11.6 Å². The summed E-state index contributed by atoms with van der Waals surface area (Å²) in [5, 5.41) is 3.40. The smallest absolute Gasteiger partial charge is 0.263 e. The molecule has 0 N–H and O–H groups in total. The first-order valence-corrected chi connectivity index (χ1v) is 3.56. The van der Waals surface area contributed by atoms with E-state index in [0.29, 0.717) is 0 Å². The van der Waals surface area contributed by atoms with Crippen molar-refractivity contribution in [2.24, 2.45) is 5.16 Å². The van der Waals surface area contributed by atoms with Crippen molar-refractivity contribution in [2.75, 3.05) is 6.79 Å². The molecule has 1 aliphatic heterocycles. The van der Waals surface area contributed by atoms with Gasteiger partial charge in [0.05, 0.1) is 5.56 Å². The van der Waals surface area contributed by atoms with E-state index in [-0.39, 0.29) is 18.3 Å². The molecule has 0 unspecified atom stereocenters. The van der Waals surface area contributed by atoms with E-state index in [0.717, 1.165) is 6.07 Å². The summed E-state index contributed by atoms with van der Waals surface area (Å²) in [6, 6.07) is 3.76. The standard InChI is InChI=1S/C8H5F2NO2/c9-6-3-1-2-5(7(6)10)8-11-13-4-12-8/h1-3H,4H2. The summed E-state index contributed by atoms with van der Waals surface area (Å²) in [5.41, 5.74) is -0.0301. The van der Waals surface area contributed by atoms with E-state index in [1.54, 1.807) is 0 Å². The Balaban J connectivity index is 2.45. The average Bonchev–Trinajstić information content (AvgIpc) is 2.62. The number of benzene rings is 1. The van der Waals surface area contributed by atoms with Gasteiger partial charge < -0.3 is 9.57 Å². The molecule has 1 aromatic carbocycles. The summed E-state index contributed by atoms with van der Waals surface area (Å²) in [5.74, 6) is -1.94. The predicted octanol–water partition coefficient (Wildman–Crippen LogP) is 1.63. The second kappa shape index (κ2) is 3.01. The van der Waals surface area contributed by atoms with E-state index in [4.69, 9.17) is 4.74 Å². The minimum Gasteiger partial charge on any atom is -0.435 e. The Bertz CT molecular complexity index is 365. The Kier molecular flexibility index (Phi) is 1.84. The van der Waals surface area contributed by atoms with Crippen molar-refractivity contribution in [1.29, 1.82) is 0 Å². The molecule has 1 aromatic rings. The van der Waals surface area contributed by atoms with Crippen molar-refractivity contribution < 1.29 is 18.4 Å². The molecule has 0 fully saturated rings. The summed E-state index contributed by atoms with van der Waals surface area (Å²) < 4.78 is 30.6. The van der Waals surface area contributed by atoms with Crippen molar-refractivity contribution in [3.05, 3.63) is 35.4 Å². The number of rotatable bonds is 1. The highest BCUT2D eigenvalue weighted by Gasteiger charge is 2.18. The molecule has 0 bridgehead atoms. The van der Waals surface area contributed by atoms with Crippen molar-refractivity contribution in [1.82, 2.24) is 0 Å². The fourth-order valence-corrected chi connectivity index (χ4v) is 0.989. The number of hydrogen-bond acceptors (Lipinski definition) is 3. The summed E-state index contributed by atoms with van der Waals surface area (Å²) >= 11 is 0. The molecule has 2 rings (SSSR count). The SMILES string of the molecule is Fc1cccc(C2=NOCO2)c1F. The molecule has 0 saturated carbocycles. The lowest BCUT2D eigenvalue weighted by atomic mass is 10.2. The summed E-state index contributed by atoms with van der Waals surface area (Å²) in [6.45, 7) is -0.0642. The second-order valence-electron chi connectivity index (χ2n) is 2.39. The van der Waals surface area contributed by atoms with E-state index >= 15 is 0 Å². The van der Waals surface area contributed by atoms with Gasteiger partial charge in [-0.15, -0.1) is 0 Å². The molecule has 0 aliphatic carbocycles. The predicted molar refractivity (Wildman–Crippen MR) is 39.9 cm³/mol. The molecule has 5 heteroatoms. The van der Waals surface area contributed by atoms with Crippen LogP contribution >= 0.6 is 0 Å². The maximum absolute atomic E-state index is 13.1. The fraction of sp³-hybridized carbons (Fsp3) is 0.125. The van der Waals surface area contributed by atoms with Crippen LogP contribution in [0.25, 0.3) is 0 Å². The lowest BCUT2D eigenvalue weighted by Gasteiger charge is -2.00. The number of nitrogens with zero attached hydrogens (tertiary/aromatic N) is 1. The van der Waals surface area contributed by atoms with Gasteiger partial charge in [-0.25, -0.2) is 8.78 Å². The van der Waals surface area contributed by atoms with Gasteiger partial charge in [0.25, 0.3) is 12.7 Å². The van der Waals surface area contributed by atoms with Crippen LogP contribution in [0.1, 0.15) is 5.56 Å². The maximum atomic E-state index is 13.1. The van der Waals surface area contributed by atoms with E-state index in [1.807, 2.05) is 0 Å². The summed E-state index contributed by atoms with van der Waals surface area (Å²) in [4.78, 5) is 4.48. The summed E-state index contributed by atoms with van der Waals surface area (Å²) in [7, 11) is 0. The van der Waals surface area contributed by atoms with Crippen LogP contribution in [0.4, 0.5) is 8.78 Å². The zero-order chi connectivity index (χ0) is 9.26. The topological polar surface area (TPSA) is 30.8 Å². The van der Waals surface area contributed by atoms with E-state index < -0.39 is 11.6 Å². The van der Waals surface area contributed by atoms with Crippen molar-refractivity contribution >= 4 is 5.90 Å². The molecule has 3 nitrogen and oxygen atoms in total. The summed E-state index contributed by atoms with van der Waals surface area (Å²) in [6.07, 6.45) is 0. The molecular weight excluding hydrogens is 180 g/mol. The third-order valence-electron chi connectivity index (χ3n) is 1.58. The van der Waals surface area contributed by atoms with Gasteiger partial charge in [-0.05, 0) is 17.3 Å². The largest absolute Gasteiger partial charge is 0.435 e. The highest BCUT2D eigenvalue weighted by Crippen LogP contribution is 2.15.